The maximum atomic E-state index is 13.8. The zero-order valence-corrected chi connectivity index (χ0v) is 22.5. The number of anilines is 1. The van der Waals surface area contributed by atoms with Crippen LogP contribution in [0.25, 0.3) is 6.08 Å². The van der Waals surface area contributed by atoms with Crippen molar-refractivity contribution in [3.05, 3.63) is 84.5 Å². The molecule has 1 atom stereocenters. The van der Waals surface area contributed by atoms with Gasteiger partial charge in [-0.25, -0.2) is 9.79 Å². The molecule has 2 aromatic carbocycles. The summed E-state index contributed by atoms with van der Waals surface area (Å²) in [5, 5.41) is 10.7. The minimum atomic E-state index is -0.771. The third-order valence-corrected chi connectivity index (χ3v) is 7.36. The Kier molecular flexibility index (Phi) is 7.83. The van der Waals surface area contributed by atoms with Crippen molar-refractivity contribution in [3.8, 4) is 11.5 Å². The molecule has 0 radical (unpaired) electrons. The van der Waals surface area contributed by atoms with E-state index in [9.17, 15) is 14.7 Å². The van der Waals surface area contributed by atoms with Gasteiger partial charge in [0.2, 0.25) is 0 Å². The molecule has 8 nitrogen and oxygen atoms in total. The number of thiazole rings is 1. The zero-order valence-electron chi connectivity index (χ0n) is 21.6. The van der Waals surface area contributed by atoms with Crippen LogP contribution in [0.15, 0.2) is 63.5 Å². The third-order valence-electron chi connectivity index (χ3n) is 6.38. The number of benzene rings is 2. The van der Waals surface area contributed by atoms with Gasteiger partial charge in [-0.15, -0.1) is 0 Å². The minimum absolute atomic E-state index is 0.0832. The number of aromatic hydroxyl groups is 1. The number of phenolic OH excluding ortho intramolecular Hbond substituents is 1. The van der Waals surface area contributed by atoms with Crippen molar-refractivity contribution in [1.29, 1.82) is 0 Å². The molecule has 0 bridgehead atoms. The lowest BCUT2D eigenvalue weighted by Gasteiger charge is -2.25. The maximum Gasteiger partial charge on any atom is 0.338 e. The van der Waals surface area contributed by atoms with Crippen LogP contribution in [0.1, 0.15) is 44.9 Å². The largest absolute Gasteiger partial charge is 0.507 e. The highest BCUT2D eigenvalue weighted by atomic mass is 32.1. The van der Waals surface area contributed by atoms with E-state index in [4.69, 9.17) is 9.47 Å². The molecule has 3 aromatic rings. The molecule has 0 aliphatic carbocycles. The van der Waals surface area contributed by atoms with E-state index in [0.717, 1.165) is 18.8 Å². The van der Waals surface area contributed by atoms with E-state index >= 15 is 0 Å². The summed E-state index contributed by atoms with van der Waals surface area (Å²) < 4.78 is 12.8. The number of esters is 1. The summed E-state index contributed by atoms with van der Waals surface area (Å²) in [5.74, 6) is 0.0988. The van der Waals surface area contributed by atoms with E-state index in [2.05, 4.69) is 23.7 Å². The Bertz CT molecular complexity index is 1530. The fraction of sp³-hybridized carbons (Fsp3) is 0.321. The van der Waals surface area contributed by atoms with Crippen LogP contribution in [0.3, 0.4) is 0 Å². The number of ether oxygens (including phenoxy) is 2. The molecule has 4 rings (SSSR count). The van der Waals surface area contributed by atoms with E-state index in [1.165, 1.54) is 15.9 Å². The highest BCUT2D eigenvalue weighted by Gasteiger charge is 2.34. The van der Waals surface area contributed by atoms with Crippen LogP contribution in [0.5, 0.6) is 11.5 Å². The second-order valence-corrected chi connectivity index (χ2v) is 9.47. The number of rotatable bonds is 8. The number of fused-ring (bicyclic) bond motifs is 1. The monoisotopic (exact) mass is 521 g/mol. The Hall–Kier alpha value is -3.85. The summed E-state index contributed by atoms with van der Waals surface area (Å²) in [6.45, 7) is 9.42. The molecule has 1 N–H and O–H groups in total. The van der Waals surface area contributed by atoms with E-state index in [0.29, 0.717) is 31.9 Å². The van der Waals surface area contributed by atoms with Crippen LogP contribution in [0.2, 0.25) is 0 Å². The van der Waals surface area contributed by atoms with Gasteiger partial charge in [-0.3, -0.25) is 9.36 Å². The standard InChI is InChI=1S/C28H31N3O5S/c1-6-30(7-2)19-14-13-18(21(32)16-19)15-23-26(33)31-25(20-11-9-10-12-22(20)35-5)24(27(34)36-8-3)17(4)29-28(31)37-23/h9-16,25,32H,6-8H2,1-5H3/b23-15-/t25-/m1/s1. The summed E-state index contributed by atoms with van der Waals surface area (Å²) in [5.41, 5.74) is 2.54. The fourth-order valence-corrected chi connectivity index (χ4v) is 5.60. The normalized spacial score (nSPS) is 15.3. The summed E-state index contributed by atoms with van der Waals surface area (Å²) in [4.78, 5) is 34.0. The summed E-state index contributed by atoms with van der Waals surface area (Å²) in [6, 6.07) is 11.9. The van der Waals surface area contributed by atoms with E-state index < -0.39 is 12.0 Å². The zero-order chi connectivity index (χ0) is 26.7. The predicted octanol–water partition coefficient (Wildman–Crippen LogP) is 3.36. The number of aromatic nitrogens is 1. The van der Waals surface area contributed by atoms with Gasteiger partial charge in [0.15, 0.2) is 4.80 Å². The Morgan fingerprint density at radius 2 is 1.92 bits per heavy atom. The molecule has 9 heteroatoms. The lowest BCUT2D eigenvalue weighted by atomic mass is 9.95. The molecule has 0 unspecified atom stereocenters. The molecule has 2 heterocycles. The Morgan fingerprint density at radius 3 is 2.57 bits per heavy atom. The number of nitrogens with zero attached hydrogens (tertiary/aromatic N) is 3. The summed E-state index contributed by atoms with van der Waals surface area (Å²) in [7, 11) is 1.55. The second-order valence-electron chi connectivity index (χ2n) is 8.46. The van der Waals surface area contributed by atoms with Crippen molar-refractivity contribution in [2.45, 2.75) is 33.7 Å². The van der Waals surface area contributed by atoms with Gasteiger partial charge in [0.1, 0.15) is 17.5 Å². The van der Waals surface area contributed by atoms with Gasteiger partial charge >= 0.3 is 5.97 Å². The fourth-order valence-electron chi connectivity index (χ4n) is 4.56. The summed E-state index contributed by atoms with van der Waals surface area (Å²) >= 11 is 1.21. The molecule has 37 heavy (non-hydrogen) atoms. The lowest BCUT2D eigenvalue weighted by molar-refractivity contribution is -0.139. The number of hydrogen-bond donors (Lipinski definition) is 1. The van der Waals surface area contributed by atoms with E-state index in [-0.39, 0.29) is 23.5 Å². The molecule has 0 fully saturated rings. The number of methoxy groups -OCH3 is 1. The van der Waals surface area contributed by atoms with Gasteiger partial charge < -0.3 is 19.5 Å². The van der Waals surface area contributed by atoms with Crippen molar-refractivity contribution >= 4 is 29.1 Å². The molecule has 1 aromatic heterocycles. The Balaban J connectivity index is 1.92. The van der Waals surface area contributed by atoms with Crippen molar-refractivity contribution in [3.63, 3.8) is 0 Å². The van der Waals surface area contributed by atoms with Crippen LogP contribution in [-0.4, -0.2) is 42.4 Å². The van der Waals surface area contributed by atoms with Gasteiger partial charge in [0.05, 0.1) is 29.5 Å². The third kappa shape index (κ3) is 4.91. The van der Waals surface area contributed by atoms with E-state index in [1.807, 2.05) is 24.3 Å². The summed E-state index contributed by atoms with van der Waals surface area (Å²) in [6.07, 6.45) is 1.66. The van der Waals surface area contributed by atoms with Crippen molar-refractivity contribution in [1.82, 2.24) is 4.57 Å². The second kappa shape index (κ2) is 11.0. The SMILES string of the molecule is CCOC(=O)C1=C(C)N=c2s/c(=C\c3ccc(N(CC)CC)cc3O)c(=O)n2[C@@H]1c1ccccc1OC. The molecule has 1 aliphatic rings. The molecule has 0 saturated carbocycles. The topological polar surface area (TPSA) is 93.4 Å². The Morgan fingerprint density at radius 1 is 1.19 bits per heavy atom. The van der Waals surface area contributed by atoms with Gasteiger partial charge in [0, 0.05) is 36.0 Å². The molecule has 1 aliphatic heterocycles. The minimum Gasteiger partial charge on any atom is -0.507 e. The van der Waals surface area contributed by atoms with Crippen molar-refractivity contribution in [2.75, 3.05) is 31.7 Å². The van der Waals surface area contributed by atoms with Gasteiger partial charge in [-0.05, 0) is 52.0 Å². The van der Waals surface area contributed by atoms with Crippen LogP contribution < -0.4 is 24.5 Å². The first-order chi connectivity index (χ1) is 17.8. The number of carbonyl (C=O) groups is 1. The highest BCUT2D eigenvalue weighted by Crippen LogP contribution is 2.35. The number of para-hydroxylation sites is 1. The molecule has 0 amide bonds. The van der Waals surface area contributed by atoms with Gasteiger partial charge in [-0.1, -0.05) is 29.5 Å². The quantitative estimate of drug-likeness (QED) is 0.457. The Labute approximate surface area is 219 Å². The smallest absolute Gasteiger partial charge is 0.338 e. The lowest BCUT2D eigenvalue weighted by Crippen LogP contribution is -2.40. The van der Waals surface area contributed by atoms with Crippen LogP contribution in [0.4, 0.5) is 5.69 Å². The first-order valence-electron chi connectivity index (χ1n) is 12.2. The molecular weight excluding hydrogens is 490 g/mol. The number of carbonyl (C=O) groups excluding carboxylic acids is 1. The van der Waals surface area contributed by atoms with Crippen molar-refractivity contribution < 1.29 is 19.4 Å². The van der Waals surface area contributed by atoms with Crippen LogP contribution >= 0.6 is 11.3 Å². The maximum absolute atomic E-state index is 13.8. The molecule has 0 spiro atoms. The predicted molar refractivity (Wildman–Crippen MR) is 145 cm³/mol. The highest BCUT2D eigenvalue weighted by molar-refractivity contribution is 7.07. The van der Waals surface area contributed by atoms with Gasteiger partial charge in [0.25, 0.3) is 5.56 Å². The number of phenols is 1. The first-order valence-corrected chi connectivity index (χ1v) is 13.1. The first kappa shape index (κ1) is 26.2. The van der Waals surface area contributed by atoms with Gasteiger partial charge in [-0.2, -0.15) is 0 Å². The molecule has 0 saturated heterocycles. The number of allylic oxidation sites excluding steroid dienone is 1. The molecular formula is C28H31N3O5S. The molecule has 194 valence electrons. The number of hydrogen-bond acceptors (Lipinski definition) is 8. The average Bonchev–Trinajstić information content (AvgIpc) is 3.19. The van der Waals surface area contributed by atoms with Crippen molar-refractivity contribution in [2.24, 2.45) is 4.99 Å². The van der Waals surface area contributed by atoms with E-state index in [1.54, 1.807) is 45.2 Å². The van der Waals surface area contributed by atoms with Crippen LogP contribution in [-0.2, 0) is 9.53 Å². The average molecular weight is 522 g/mol. The van der Waals surface area contributed by atoms with Crippen LogP contribution in [0, 0.1) is 0 Å².